The highest BCUT2D eigenvalue weighted by molar-refractivity contribution is 6.29. The van der Waals surface area contributed by atoms with E-state index in [-0.39, 0.29) is 0 Å². The number of rotatable bonds is 1. The third kappa shape index (κ3) is 1.79. The molecule has 0 heterocycles. The van der Waals surface area contributed by atoms with Crippen molar-refractivity contribution < 1.29 is 0 Å². The highest BCUT2D eigenvalue weighted by atomic mass is 14.8. The normalized spacial score (nSPS) is 43.5. The predicted octanol–water partition coefficient (Wildman–Crippen LogP) is 9.14. The van der Waals surface area contributed by atoms with E-state index >= 15 is 0 Å². The first-order valence-electron chi connectivity index (χ1n) is 19.9. The van der Waals surface area contributed by atoms with Gasteiger partial charge >= 0.3 is 0 Å². The quantitative estimate of drug-likeness (QED) is 0.167. The van der Waals surface area contributed by atoms with Crippen LogP contribution in [-0.2, 0) is 18.3 Å². The largest absolute Gasteiger partial charge is 0.0648 e. The summed E-state index contributed by atoms with van der Waals surface area (Å²) in [5.74, 6) is 7.20. The Morgan fingerprint density at radius 2 is 1.60 bits per heavy atom. The number of hydrogen-bond donors (Lipinski definition) is 0. The molecule has 0 nitrogen and oxygen atoms in total. The molecule has 16 rings (SSSR count). The Hall–Kier alpha value is -3.12. The van der Waals surface area contributed by atoms with Gasteiger partial charge in [-0.1, -0.05) is 55.3 Å². The Kier molecular flexibility index (Phi) is 3.20. The monoisotopic (exact) mass is 604 g/mol. The first-order valence-corrected chi connectivity index (χ1v) is 19.9. The van der Waals surface area contributed by atoms with Crippen LogP contribution in [0, 0.1) is 35.0 Å². The van der Waals surface area contributed by atoms with Crippen molar-refractivity contribution >= 4 is 38.3 Å². The summed E-state index contributed by atoms with van der Waals surface area (Å²) in [5.41, 5.74) is 25.1. The van der Waals surface area contributed by atoms with E-state index in [2.05, 4.69) is 49.8 Å². The summed E-state index contributed by atoms with van der Waals surface area (Å²) in [6, 6.07) is 12.8. The molecule has 11 atom stereocenters. The zero-order valence-corrected chi connectivity index (χ0v) is 27.7. The summed E-state index contributed by atoms with van der Waals surface area (Å²) in [5, 5.41) is 10.9. The minimum Gasteiger partial charge on any atom is -0.0648 e. The van der Waals surface area contributed by atoms with Crippen molar-refractivity contribution in [2.24, 2.45) is 35.0 Å². The third-order valence-corrected chi connectivity index (χ3v) is 18.8. The van der Waals surface area contributed by atoms with Crippen molar-refractivity contribution in [2.75, 3.05) is 0 Å². The standard InChI is InChI=1S/C47H40/c1-3-21-22-8-10-24-29-12-13-30-25-11-9-23-26-14-18(2)31-28-15-27(21)35-32(22)37(24)44-42-40(35)36(28)41-39(34(26)31)33(23)38(25)45(43(41)42)47(30)17-20-7-5-4-6-19(20)16-46(29,44)47/h4-7,15,18,21-22,24,26,29-30,32,37H,3,8-14,16-17H2,1-2H3. The molecule has 4 aromatic carbocycles. The molecule has 3 saturated carbocycles. The molecule has 4 aromatic rings. The van der Waals surface area contributed by atoms with Gasteiger partial charge in [0.05, 0.1) is 0 Å². The minimum atomic E-state index is 0.294. The average Bonchev–Trinajstić information content (AvgIpc) is 3.89. The van der Waals surface area contributed by atoms with Crippen molar-refractivity contribution in [2.45, 2.75) is 107 Å². The van der Waals surface area contributed by atoms with Gasteiger partial charge in [0.1, 0.15) is 0 Å². The van der Waals surface area contributed by atoms with Crippen LogP contribution in [0.4, 0.5) is 0 Å². The molecular formula is C47H40. The van der Waals surface area contributed by atoms with E-state index in [1.165, 1.54) is 64.2 Å². The Labute approximate surface area is 276 Å². The van der Waals surface area contributed by atoms with Gasteiger partial charge in [-0.05, 0) is 205 Å². The number of hydrogen-bond acceptors (Lipinski definition) is 0. The van der Waals surface area contributed by atoms with E-state index in [1.54, 1.807) is 21.9 Å². The molecular weight excluding hydrogens is 565 g/mol. The Bertz CT molecular complexity index is 2620. The van der Waals surface area contributed by atoms with Gasteiger partial charge in [0.25, 0.3) is 0 Å². The average molecular weight is 605 g/mol. The van der Waals surface area contributed by atoms with Gasteiger partial charge in [0.2, 0.25) is 0 Å². The molecule has 0 bridgehead atoms. The zero-order chi connectivity index (χ0) is 29.8. The van der Waals surface area contributed by atoms with Gasteiger partial charge < -0.3 is 0 Å². The zero-order valence-electron chi connectivity index (χ0n) is 27.7. The van der Waals surface area contributed by atoms with Crippen LogP contribution in [0.15, 0.2) is 35.9 Å². The van der Waals surface area contributed by atoms with Crippen LogP contribution in [0.25, 0.3) is 38.3 Å². The lowest BCUT2D eigenvalue weighted by Crippen LogP contribution is -2.62. The first-order chi connectivity index (χ1) is 23.2. The van der Waals surface area contributed by atoms with Gasteiger partial charge in [-0.3, -0.25) is 0 Å². The van der Waals surface area contributed by atoms with Crippen molar-refractivity contribution in [3.05, 3.63) is 96.4 Å². The second-order valence-electron chi connectivity index (χ2n) is 19.1. The molecule has 3 fully saturated rings. The van der Waals surface area contributed by atoms with Crippen LogP contribution < -0.4 is 10.4 Å². The second-order valence-corrected chi connectivity index (χ2v) is 19.1. The van der Waals surface area contributed by atoms with Gasteiger partial charge in [0, 0.05) is 16.7 Å². The van der Waals surface area contributed by atoms with E-state index < -0.39 is 0 Å². The highest BCUT2D eigenvalue weighted by Gasteiger charge is 2.78. The first kappa shape index (κ1) is 23.3. The summed E-state index contributed by atoms with van der Waals surface area (Å²) in [6.07, 6.45) is 14.0. The fourth-order valence-electron chi connectivity index (χ4n) is 18.4. The molecule has 12 aliphatic carbocycles. The SMILES string of the molecule is CCC1c2cc3c4c5c6c7c8c9c%10c6c3c3c2C2C1CCC1C2C(=C3%10)C23Cc6ccccc6CC92C(CCC13)C=8CCC=7C5CC4C. The fraction of sp³-hybridized carbons (Fsp3) is 0.489. The molecule has 11 unspecified atom stereocenters. The van der Waals surface area contributed by atoms with Crippen LogP contribution in [0.2, 0.25) is 0 Å². The van der Waals surface area contributed by atoms with Gasteiger partial charge in [-0.25, -0.2) is 0 Å². The van der Waals surface area contributed by atoms with Gasteiger partial charge in [-0.2, -0.15) is 0 Å². The summed E-state index contributed by atoms with van der Waals surface area (Å²) >= 11 is 0. The molecule has 0 aromatic heterocycles. The summed E-state index contributed by atoms with van der Waals surface area (Å²) in [6.45, 7) is 5.16. The molecule has 0 radical (unpaired) electrons. The van der Waals surface area contributed by atoms with E-state index in [0.29, 0.717) is 22.7 Å². The Balaban J connectivity index is 1.25. The highest BCUT2D eigenvalue weighted by Crippen LogP contribution is 2.84. The number of fused-ring (bicyclic) bond motifs is 5. The van der Waals surface area contributed by atoms with Crippen molar-refractivity contribution in [3.63, 3.8) is 0 Å². The maximum absolute atomic E-state index is 2.90. The summed E-state index contributed by atoms with van der Waals surface area (Å²) < 4.78 is 0. The lowest BCUT2D eigenvalue weighted by molar-refractivity contribution is -0.0123. The summed E-state index contributed by atoms with van der Waals surface area (Å²) in [4.78, 5) is 0. The molecule has 228 valence electrons. The molecule has 0 aliphatic heterocycles. The third-order valence-electron chi connectivity index (χ3n) is 18.8. The topological polar surface area (TPSA) is 0 Å². The molecule has 2 spiro atoms. The Morgan fingerprint density at radius 3 is 2.47 bits per heavy atom. The number of allylic oxidation sites excluding steroid dienone is 1. The van der Waals surface area contributed by atoms with Crippen molar-refractivity contribution in [3.8, 4) is 0 Å². The van der Waals surface area contributed by atoms with Crippen LogP contribution >= 0.6 is 0 Å². The van der Waals surface area contributed by atoms with E-state index in [9.17, 15) is 0 Å². The van der Waals surface area contributed by atoms with Crippen LogP contribution in [0.5, 0.6) is 0 Å². The van der Waals surface area contributed by atoms with E-state index in [4.69, 9.17) is 0 Å². The van der Waals surface area contributed by atoms with Gasteiger partial charge in [-0.15, -0.1) is 0 Å². The minimum absolute atomic E-state index is 0.294. The lowest BCUT2D eigenvalue weighted by atomic mass is 9.38. The maximum atomic E-state index is 2.90. The van der Waals surface area contributed by atoms with E-state index in [1.807, 2.05) is 76.9 Å². The molecule has 0 heteroatoms. The summed E-state index contributed by atoms with van der Waals surface area (Å²) in [7, 11) is 0. The molecule has 0 N–H and O–H groups in total. The molecule has 0 amide bonds. The maximum Gasteiger partial charge on any atom is 0.0171 e. The smallest absolute Gasteiger partial charge is 0.0171 e. The van der Waals surface area contributed by atoms with Gasteiger partial charge in [0.15, 0.2) is 0 Å². The Morgan fingerprint density at radius 1 is 0.766 bits per heavy atom. The van der Waals surface area contributed by atoms with E-state index in [0.717, 1.165) is 41.4 Å². The van der Waals surface area contributed by atoms with Crippen LogP contribution in [0.3, 0.4) is 0 Å². The van der Waals surface area contributed by atoms with Crippen molar-refractivity contribution in [1.29, 1.82) is 0 Å². The molecule has 12 aliphatic rings. The van der Waals surface area contributed by atoms with Crippen LogP contribution in [-0.4, -0.2) is 0 Å². The lowest BCUT2D eigenvalue weighted by Gasteiger charge is -2.64. The second kappa shape index (κ2) is 6.46. The molecule has 0 saturated heterocycles. The van der Waals surface area contributed by atoms with Crippen LogP contribution in [0.1, 0.15) is 139 Å². The van der Waals surface area contributed by atoms with Crippen molar-refractivity contribution in [1.82, 2.24) is 0 Å². The fourth-order valence-corrected chi connectivity index (χ4v) is 18.4. The number of benzene rings is 4. The predicted molar refractivity (Wildman–Crippen MR) is 188 cm³/mol. The molecule has 47 heavy (non-hydrogen) atoms.